The van der Waals surface area contributed by atoms with E-state index < -0.39 is 0 Å². The van der Waals surface area contributed by atoms with Gasteiger partial charge in [0.1, 0.15) is 5.75 Å². The number of halogens is 1. The predicted molar refractivity (Wildman–Crippen MR) is 68.1 cm³/mol. The van der Waals surface area contributed by atoms with Gasteiger partial charge in [-0.25, -0.2) is 0 Å². The number of nitrogens with two attached hydrogens (primary N) is 1. The molecule has 0 bridgehead atoms. The first-order chi connectivity index (χ1) is 8.15. The molecule has 0 fully saturated rings. The van der Waals surface area contributed by atoms with Crippen LogP contribution < -0.4 is 5.73 Å². The fourth-order valence-electron chi connectivity index (χ4n) is 1.23. The lowest BCUT2D eigenvalue weighted by Crippen LogP contribution is -1.83. The number of benzene rings is 2. The maximum absolute atomic E-state index is 9.25. The maximum Gasteiger partial charge on any atom is 0.138 e. The zero-order chi connectivity index (χ0) is 12.3. The van der Waals surface area contributed by atoms with E-state index in [-0.39, 0.29) is 11.4 Å². The van der Waals surface area contributed by atoms with Crippen molar-refractivity contribution in [3.63, 3.8) is 0 Å². The van der Waals surface area contributed by atoms with Crippen LogP contribution in [0.5, 0.6) is 5.75 Å². The summed E-state index contributed by atoms with van der Waals surface area (Å²) in [5.41, 5.74) is 7.09. The molecular weight excluding hydrogens is 238 g/mol. The van der Waals surface area contributed by atoms with Crippen molar-refractivity contribution in [2.24, 2.45) is 10.2 Å². The highest BCUT2D eigenvalue weighted by Gasteiger charge is 1.97. The van der Waals surface area contributed by atoms with E-state index in [0.717, 1.165) is 0 Å². The fourth-order valence-corrected chi connectivity index (χ4v) is 1.35. The Hall–Kier alpha value is -2.07. The van der Waals surface area contributed by atoms with Gasteiger partial charge in [0.15, 0.2) is 0 Å². The van der Waals surface area contributed by atoms with Gasteiger partial charge < -0.3 is 10.8 Å². The molecule has 0 unspecified atom stereocenters. The van der Waals surface area contributed by atoms with Crippen LogP contribution in [0.3, 0.4) is 0 Å². The summed E-state index contributed by atoms with van der Waals surface area (Å²) in [7, 11) is 0. The van der Waals surface area contributed by atoms with E-state index in [1.165, 1.54) is 6.07 Å². The molecule has 5 heteroatoms. The van der Waals surface area contributed by atoms with Gasteiger partial charge in [-0.1, -0.05) is 11.6 Å². The third kappa shape index (κ3) is 2.95. The van der Waals surface area contributed by atoms with E-state index in [1.54, 1.807) is 36.4 Å². The molecule has 0 aliphatic carbocycles. The molecule has 0 aromatic heterocycles. The molecule has 0 saturated heterocycles. The third-order valence-electron chi connectivity index (χ3n) is 2.12. The minimum Gasteiger partial charge on any atom is -0.506 e. The normalized spacial score (nSPS) is 10.9. The summed E-state index contributed by atoms with van der Waals surface area (Å²) in [4.78, 5) is 0. The van der Waals surface area contributed by atoms with Gasteiger partial charge in [-0.2, -0.15) is 10.2 Å². The Morgan fingerprint density at radius 2 is 1.53 bits per heavy atom. The summed E-state index contributed by atoms with van der Waals surface area (Å²) in [6.07, 6.45) is 0. The Morgan fingerprint density at radius 1 is 0.941 bits per heavy atom. The summed E-state index contributed by atoms with van der Waals surface area (Å²) < 4.78 is 0. The van der Waals surface area contributed by atoms with Crippen LogP contribution >= 0.6 is 11.6 Å². The Kier molecular flexibility index (Phi) is 3.25. The van der Waals surface area contributed by atoms with Crippen molar-refractivity contribution >= 4 is 28.7 Å². The molecule has 17 heavy (non-hydrogen) atoms. The fraction of sp³-hybridized carbons (Fsp3) is 0. The molecule has 0 spiro atoms. The van der Waals surface area contributed by atoms with Gasteiger partial charge in [0.25, 0.3) is 0 Å². The molecule has 0 atom stereocenters. The number of azo groups is 1. The van der Waals surface area contributed by atoms with E-state index in [1.807, 2.05) is 0 Å². The number of nitrogen functional groups attached to an aromatic ring is 1. The summed E-state index contributed by atoms with van der Waals surface area (Å²) in [6, 6.07) is 11.7. The second-order valence-corrected chi connectivity index (χ2v) is 3.86. The lowest BCUT2D eigenvalue weighted by atomic mass is 10.2. The van der Waals surface area contributed by atoms with Crippen LogP contribution in [0.15, 0.2) is 52.7 Å². The van der Waals surface area contributed by atoms with Gasteiger partial charge in [0.05, 0.1) is 17.1 Å². The number of aromatic hydroxyl groups is 1. The average molecular weight is 248 g/mol. The molecule has 2 aromatic rings. The number of hydrogen-bond acceptors (Lipinski definition) is 4. The van der Waals surface area contributed by atoms with Crippen molar-refractivity contribution in [3.8, 4) is 5.75 Å². The SMILES string of the molecule is Nc1cc(/N=N/c2ccc(Cl)cc2)ccc1O. The molecule has 0 aliphatic rings. The van der Waals surface area contributed by atoms with Gasteiger partial charge in [0, 0.05) is 5.02 Å². The third-order valence-corrected chi connectivity index (χ3v) is 2.37. The van der Waals surface area contributed by atoms with Crippen LogP contribution in [0, 0.1) is 0 Å². The van der Waals surface area contributed by atoms with Crippen LogP contribution in [-0.4, -0.2) is 5.11 Å². The quantitative estimate of drug-likeness (QED) is 0.478. The lowest BCUT2D eigenvalue weighted by Gasteiger charge is -1.98. The van der Waals surface area contributed by atoms with Crippen molar-refractivity contribution in [3.05, 3.63) is 47.5 Å². The topological polar surface area (TPSA) is 71.0 Å². The number of phenols is 1. The second kappa shape index (κ2) is 4.84. The van der Waals surface area contributed by atoms with E-state index in [9.17, 15) is 5.11 Å². The van der Waals surface area contributed by atoms with Crippen LogP contribution in [0.1, 0.15) is 0 Å². The van der Waals surface area contributed by atoms with Crippen molar-refractivity contribution < 1.29 is 5.11 Å². The first-order valence-corrected chi connectivity index (χ1v) is 5.29. The number of nitrogens with zero attached hydrogens (tertiary/aromatic N) is 2. The molecule has 0 saturated carbocycles. The Balaban J connectivity index is 2.20. The van der Waals surface area contributed by atoms with Crippen LogP contribution in [0.4, 0.5) is 17.1 Å². The minimum atomic E-state index is 0.0374. The molecule has 2 aromatic carbocycles. The molecule has 3 N–H and O–H groups in total. The highest BCUT2D eigenvalue weighted by molar-refractivity contribution is 6.30. The van der Waals surface area contributed by atoms with Crippen LogP contribution in [-0.2, 0) is 0 Å². The largest absolute Gasteiger partial charge is 0.506 e. The summed E-state index contributed by atoms with van der Waals surface area (Å²) in [5, 5.41) is 17.9. The Morgan fingerprint density at radius 3 is 2.18 bits per heavy atom. The standard InChI is InChI=1S/C12H10ClN3O/c13-8-1-3-9(4-2-8)15-16-10-5-6-12(17)11(14)7-10/h1-7,17H,14H2/b16-15+. The highest BCUT2D eigenvalue weighted by atomic mass is 35.5. The second-order valence-electron chi connectivity index (χ2n) is 3.42. The lowest BCUT2D eigenvalue weighted by molar-refractivity contribution is 0.478. The van der Waals surface area contributed by atoms with Crippen molar-refractivity contribution in [2.45, 2.75) is 0 Å². The highest BCUT2D eigenvalue weighted by Crippen LogP contribution is 2.26. The first-order valence-electron chi connectivity index (χ1n) is 4.91. The van der Waals surface area contributed by atoms with Gasteiger partial charge >= 0.3 is 0 Å². The molecule has 0 amide bonds. The maximum atomic E-state index is 9.25. The Bertz CT molecular complexity index is 552. The van der Waals surface area contributed by atoms with Crippen molar-refractivity contribution in [1.82, 2.24) is 0 Å². The Labute approximate surface area is 103 Å². The molecule has 0 aliphatic heterocycles. The first kappa shape index (κ1) is 11.4. The van der Waals surface area contributed by atoms with Gasteiger partial charge in [0.2, 0.25) is 0 Å². The van der Waals surface area contributed by atoms with Crippen LogP contribution in [0.25, 0.3) is 0 Å². The summed E-state index contributed by atoms with van der Waals surface area (Å²) in [6.45, 7) is 0. The zero-order valence-electron chi connectivity index (χ0n) is 8.84. The van der Waals surface area contributed by atoms with Crippen molar-refractivity contribution in [2.75, 3.05) is 5.73 Å². The number of hydrogen-bond donors (Lipinski definition) is 2. The molecule has 2 rings (SSSR count). The van der Waals surface area contributed by atoms with Gasteiger partial charge in [-0.3, -0.25) is 0 Å². The van der Waals surface area contributed by atoms with Crippen LogP contribution in [0.2, 0.25) is 5.02 Å². The number of anilines is 1. The number of phenolic OH excluding ortho intramolecular Hbond substituents is 1. The molecule has 86 valence electrons. The molecule has 4 nitrogen and oxygen atoms in total. The van der Waals surface area contributed by atoms with E-state index in [0.29, 0.717) is 16.4 Å². The predicted octanol–water partition coefficient (Wildman–Crippen LogP) is 4.04. The van der Waals surface area contributed by atoms with E-state index in [4.69, 9.17) is 17.3 Å². The monoisotopic (exact) mass is 247 g/mol. The molecule has 0 heterocycles. The molecule has 0 radical (unpaired) electrons. The van der Waals surface area contributed by atoms with E-state index >= 15 is 0 Å². The van der Waals surface area contributed by atoms with Gasteiger partial charge in [-0.15, -0.1) is 0 Å². The smallest absolute Gasteiger partial charge is 0.138 e. The summed E-state index contributed by atoms with van der Waals surface area (Å²) >= 11 is 5.75. The zero-order valence-corrected chi connectivity index (χ0v) is 9.59. The molecular formula is C12H10ClN3O. The minimum absolute atomic E-state index is 0.0374. The average Bonchev–Trinajstić information content (AvgIpc) is 2.33. The number of rotatable bonds is 2. The summed E-state index contributed by atoms with van der Waals surface area (Å²) in [5.74, 6) is 0.0374. The van der Waals surface area contributed by atoms with E-state index in [2.05, 4.69) is 10.2 Å². The van der Waals surface area contributed by atoms with Crippen molar-refractivity contribution in [1.29, 1.82) is 0 Å². The van der Waals surface area contributed by atoms with Gasteiger partial charge in [-0.05, 0) is 42.5 Å².